The number of nitriles is 1. The molecular weight excluding hydrogens is 300 g/mol. The molecule has 0 saturated heterocycles. The van der Waals surface area contributed by atoms with E-state index < -0.39 is 0 Å². The molecule has 0 aliphatic rings. The minimum Gasteiger partial charge on any atom is -0.420 e. The second-order valence-corrected chi connectivity index (χ2v) is 5.39. The maximum Gasteiger partial charge on any atom is 0.232 e. The van der Waals surface area contributed by atoms with Gasteiger partial charge in [0.05, 0.1) is 0 Å². The number of hydrogen-bond donors (Lipinski definition) is 1. The largest absolute Gasteiger partial charge is 0.420 e. The summed E-state index contributed by atoms with van der Waals surface area (Å²) in [7, 11) is 0. The Morgan fingerprint density at radius 2 is 1.96 bits per heavy atom. The number of hydrogen-bond acceptors (Lipinski definition) is 5. The van der Waals surface area contributed by atoms with Gasteiger partial charge in [0, 0.05) is 12.6 Å². The minimum atomic E-state index is 0.297. The molecule has 0 unspecified atom stereocenters. The Labute approximate surface area is 143 Å². The molecule has 0 fully saturated rings. The molecule has 0 aliphatic heterocycles. The van der Waals surface area contributed by atoms with E-state index in [2.05, 4.69) is 35.1 Å². The molecule has 126 valence electrons. The van der Waals surface area contributed by atoms with E-state index in [-0.39, 0.29) is 0 Å². The molecule has 2 aromatic rings. The number of aromatic nitrogens is 1. The predicted molar refractivity (Wildman–Crippen MR) is 97.5 cm³/mol. The molecule has 0 bridgehead atoms. The van der Waals surface area contributed by atoms with Gasteiger partial charge in [-0.15, -0.1) is 0 Å². The topological polar surface area (TPSA) is 65.1 Å². The average Bonchev–Trinajstić information content (AvgIpc) is 3.03. The first-order valence-electron chi connectivity index (χ1n) is 8.37. The Morgan fingerprint density at radius 3 is 2.62 bits per heavy atom. The lowest BCUT2D eigenvalue weighted by molar-refractivity contribution is 0.302. The van der Waals surface area contributed by atoms with Gasteiger partial charge in [0.15, 0.2) is 0 Å². The van der Waals surface area contributed by atoms with Crippen molar-refractivity contribution in [2.75, 3.05) is 31.5 Å². The molecule has 0 saturated carbocycles. The van der Waals surface area contributed by atoms with E-state index in [9.17, 15) is 5.26 Å². The highest BCUT2D eigenvalue weighted by Gasteiger charge is 2.10. The molecule has 1 N–H and O–H groups in total. The lowest BCUT2D eigenvalue weighted by Gasteiger charge is -2.17. The van der Waals surface area contributed by atoms with Crippen LogP contribution in [0.15, 0.2) is 34.7 Å². The first-order chi connectivity index (χ1) is 11.8. The molecular formula is C19H24N4O. The fraction of sp³-hybridized carbons (Fsp3) is 0.368. The number of anilines is 1. The van der Waals surface area contributed by atoms with Crippen molar-refractivity contribution in [2.45, 2.75) is 20.3 Å². The molecule has 0 aliphatic carbocycles. The quantitative estimate of drug-likeness (QED) is 0.710. The van der Waals surface area contributed by atoms with E-state index in [1.54, 1.807) is 6.08 Å². The first-order valence-corrected chi connectivity index (χ1v) is 8.37. The zero-order valence-corrected chi connectivity index (χ0v) is 14.3. The maximum atomic E-state index is 9.19. The summed E-state index contributed by atoms with van der Waals surface area (Å²) in [6, 6.07) is 12.0. The zero-order chi connectivity index (χ0) is 17.2. The minimum absolute atomic E-state index is 0.297. The summed E-state index contributed by atoms with van der Waals surface area (Å²) in [5.74, 6) is 0.881. The molecule has 1 aromatic carbocycles. The van der Waals surface area contributed by atoms with Crippen LogP contribution >= 0.6 is 0 Å². The average molecular weight is 324 g/mol. The van der Waals surface area contributed by atoms with Crippen molar-refractivity contribution in [3.8, 4) is 6.07 Å². The molecule has 0 atom stereocenters. The van der Waals surface area contributed by atoms with Crippen LogP contribution in [0.4, 0.5) is 5.88 Å². The van der Waals surface area contributed by atoms with Gasteiger partial charge in [-0.25, -0.2) is 0 Å². The summed E-state index contributed by atoms with van der Waals surface area (Å²) in [5.41, 5.74) is 1.36. The molecule has 1 aromatic heterocycles. The monoisotopic (exact) mass is 324 g/mol. The van der Waals surface area contributed by atoms with E-state index in [1.165, 1.54) is 0 Å². The number of benzene rings is 1. The summed E-state index contributed by atoms with van der Waals surface area (Å²) >= 11 is 0. The SMILES string of the molecule is CCN(CC)CCCNc1oc(/C=C/c2ccccc2)nc1C#N. The summed E-state index contributed by atoms with van der Waals surface area (Å²) in [6.45, 7) is 8.20. The Hall–Kier alpha value is -2.58. The maximum absolute atomic E-state index is 9.19. The second kappa shape index (κ2) is 9.53. The number of rotatable bonds is 9. The van der Waals surface area contributed by atoms with Gasteiger partial charge in [0.2, 0.25) is 17.5 Å². The first kappa shape index (κ1) is 17.8. The summed E-state index contributed by atoms with van der Waals surface area (Å²) < 4.78 is 5.64. The third-order valence-electron chi connectivity index (χ3n) is 3.80. The summed E-state index contributed by atoms with van der Waals surface area (Å²) in [4.78, 5) is 6.56. The van der Waals surface area contributed by atoms with Crippen LogP contribution in [0.5, 0.6) is 0 Å². The zero-order valence-electron chi connectivity index (χ0n) is 14.3. The van der Waals surface area contributed by atoms with Crippen molar-refractivity contribution in [3.63, 3.8) is 0 Å². The van der Waals surface area contributed by atoms with Gasteiger partial charge in [-0.3, -0.25) is 0 Å². The van der Waals surface area contributed by atoms with E-state index in [1.807, 2.05) is 36.4 Å². The predicted octanol–water partition coefficient (Wildman–Crippen LogP) is 3.86. The van der Waals surface area contributed by atoms with Crippen molar-refractivity contribution in [1.82, 2.24) is 9.88 Å². The third-order valence-corrected chi connectivity index (χ3v) is 3.80. The Balaban J connectivity index is 1.93. The fourth-order valence-corrected chi connectivity index (χ4v) is 2.38. The van der Waals surface area contributed by atoms with Gasteiger partial charge < -0.3 is 14.6 Å². The van der Waals surface area contributed by atoms with Crippen molar-refractivity contribution >= 4 is 18.0 Å². The Bertz CT molecular complexity index is 681. The van der Waals surface area contributed by atoms with Gasteiger partial charge in [-0.1, -0.05) is 44.2 Å². The van der Waals surface area contributed by atoms with Crippen molar-refractivity contribution in [2.24, 2.45) is 0 Å². The van der Waals surface area contributed by atoms with Crippen LogP contribution in [-0.4, -0.2) is 36.1 Å². The fourth-order valence-electron chi connectivity index (χ4n) is 2.38. The van der Waals surface area contributed by atoms with Crippen molar-refractivity contribution in [3.05, 3.63) is 47.5 Å². The van der Waals surface area contributed by atoms with E-state index >= 15 is 0 Å². The van der Waals surface area contributed by atoms with Crippen LogP contribution < -0.4 is 5.32 Å². The highest BCUT2D eigenvalue weighted by Crippen LogP contribution is 2.18. The van der Waals surface area contributed by atoms with Gasteiger partial charge >= 0.3 is 0 Å². The van der Waals surface area contributed by atoms with E-state index in [4.69, 9.17) is 4.42 Å². The van der Waals surface area contributed by atoms with Crippen LogP contribution in [0.2, 0.25) is 0 Å². The van der Waals surface area contributed by atoms with Gasteiger partial charge in [0.1, 0.15) is 6.07 Å². The number of nitrogens with zero attached hydrogens (tertiary/aromatic N) is 3. The van der Waals surface area contributed by atoms with Crippen LogP contribution in [-0.2, 0) is 0 Å². The Kier molecular flexibility index (Phi) is 7.06. The third kappa shape index (κ3) is 5.25. The van der Waals surface area contributed by atoms with Crippen molar-refractivity contribution in [1.29, 1.82) is 5.26 Å². The van der Waals surface area contributed by atoms with Gasteiger partial charge in [0.25, 0.3) is 0 Å². The number of oxazole rings is 1. The van der Waals surface area contributed by atoms with E-state index in [0.29, 0.717) is 17.5 Å². The molecule has 5 heteroatoms. The molecule has 0 spiro atoms. The van der Waals surface area contributed by atoms with Gasteiger partial charge in [-0.05, 0) is 37.7 Å². The van der Waals surface area contributed by atoms with Crippen LogP contribution in [0, 0.1) is 11.3 Å². The summed E-state index contributed by atoms with van der Waals surface area (Å²) in [5, 5.41) is 12.4. The highest BCUT2D eigenvalue weighted by atomic mass is 16.4. The standard InChI is InChI=1S/C19H24N4O/c1-3-23(4-2)14-8-13-21-19-17(15-20)22-18(24-19)12-11-16-9-6-5-7-10-16/h5-7,9-12,21H,3-4,8,13-14H2,1-2H3/b12-11+. The smallest absolute Gasteiger partial charge is 0.232 e. The second-order valence-electron chi connectivity index (χ2n) is 5.39. The molecule has 5 nitrogen and oxygen atoms in total. The highest BCUT2D eigenvalue weighted by molar-refractivity contribution is 5.67. The van der Waals surface area contributed by atoms with Crippen molar-refractivity contribution < 1.29 is 4.42 Å². The molecule has 24 heavy (non-hydrogen) atoms. The Morgan fingerprint density at radius 1 is 1.21 bits per heavy atom. The summed E-state index contributed by atoms with van der Waals surface area (Å²) in [6.07, 6.45) is 4.68. The van der Waals surface area contributed by atoms with Crippen LogP contribution in [0.3, 0.4) is 0 Å². The molecule has 1 heterocycles. The van der Waals surface area contributed by atoms with Crippen LogP contribution in [0.25, 0.3) is 12.2 Å². The number of nitrogens with one attached hydrogen (secondary N) is 1. The van der Waals surface area contributed by atoms with E-state index in [0.717, 1.165) is 38.2 Å². The molecule has 0 amide bonds. The molecule has 2 rings (SSSR count). The lowest BCUT2D eigenvalue weighted by Crippen LogP contribution is -2.25. The molecule has 0 radical (unpaired) electrons. The van der Waals surface area contributed by atoms with Crippen LogP contribution in [0.1, 0.15) is 37.4 Å². The normalized spacial score (nSPS) is 11.1. The van der Waals surface area contributed by atoms with Gasteiger partial charge in [-0.2, -0.15) is 10.2 Å². The lowest BCUT2D eigenvalue weighted by atomic mass is 10.2.